The fourth-order valence-electron chi connectivity index (χ4n) is 1.95. The zero-order valence-corrected chi connectivity index (χ0v) is 13.8. The third-order valence-corrected chi connectivity index (χ3v) is 4.31. The summed E-state index contributed by atoms with van der Waals surface area (Å²) in [6.45, 7) is 0. The molecule has 2 amide bonds. The molecule has 6 nitrogen and oxygen atoms in total. The van der Waals surface area contributed by atoms with Gasteiger partial charge in [-0.05, 0) is 37.1 Å². The third-order valence-electron chi connectivity index (χ3n) is 3.39. The average Bonchev–Trinajstić information content (AvgIpc) is 3.43. The van der Waals surface area contributed by atoms with Gasteiger partial charge in [-0.1, -0.05) is 11.8 Å². The summed E-state index contributed by atoms with van der Waals surface area (Å²) >= 11 is 1.14. The Bertz CT molecular complexity index is 797. The number of carbonyl (C=O) groups is 2. The summed E-state index contributed by atoms with van der Waals surface area (Å²) in [5.74, 6) is -1.97. The Morgan fingerprint density at radius 3 is 2.52 bits per heavy atom. The third kappa shape index (κ3) is 4.96. The number of benzene rings is 1. The van der Waals surface area contributed by atoms with Crippen molar-refractivity contribution in [2.75, 3.05) is 16.4 Å². The van der Waals surface area contributed by atoms with E-state index in [2.05, 4.69) is 20.8 Å². The number of amides is 2. The highest BCUT2D eigenvalue weighted by atomic mass is 32.2. The van der Waals surface area contributed by atoms with Crippen molar-refractivity contribution >= 4 is 35.1 Å². The van der Waals surface area contributed by atoms with Crippen LogP contribution in [0, 0.1) is 17.6 Å². The van der Waals surface area contributed by atoms with Crippen molar-refractivity contribution in [1.82, 2.24) is 10.2 Å². The summed E-state index contributed by atoms with van der Waals surface area (Å²) in [5.41, 5.74) is 0.175. The lowest BCUT2D eigenvalue weighted by Crippen LogP contribution is -2.15. The normalized spacial score (nSPS) is 13.4. The minimum atomic E-state index is -1.03. The van der Waals surface area contributed by atoms with Gasteiger partial charge in [0.25, 0.3) is 0 Å². The highest BCUT2D eigenvalue weighted by Crippen LogP contribution is 2.30. The number of halogens is 2. The lowest BCUT2D eigenvalue weighted by Gasteiger charge is -2.06. The molecule has 1 heterocycles. The van der Waals surface area contributed by atoms with Gasteiger partial charge in [0.15, 0.2) is 17.5 Å². The summed E-state index contributed by atoms with van der Waals surface area (Å²) in [7, 11) is 0. The monoisotopic (exact) mass is 364 g/mol. The lowest BCUT2D eigenvalue weighted by atomic mass is 10.3. The summed E-state index contributed by atoms with van der Waals surface area (Å²) in [5, 5.41) is 13.5. The first-order chi connectivity index (χ1) is 12.0. The molecule has 0 bridgehead atoms. The van der Waals surface area contributed by atoms with Gasteiger partial charge in [-0.2, -0.15) is 0 Å². The van der Waals surface area contributed by atoms with E-state index < -0.39 is 11.6 Å². The van der Waals surface area contributed by atoms with Crippen molar-refractivity contribution in [3.05, 3.63) is 42.0 Å². The standard InChI is InChI=1S/C16H14F2N4O2S/c17-11-4-3-10(7-12(11)18)19-14(23)8-25-15-6-5-13(21-22-15)20-16(24)9-1-2-9/h3-7,9H,1-2,8H2,(H,19,23)(H,20,21,24). The highest BCUT2D eigenvalue weighted by molar-refractivity contribution is 7.99. The Morgan fingerprint density at radius 1 is 1.08 bits per heavy atom. The zero-order valence-electron chi connectivity index (χ0n) is 13.0. The van der Waals surface area contributed by atoms with Gasteiger partial charge in [-0.15, -0.1) is 10.2 Å². The van der Waals surface area contributed by atoms with Gasteiger partial charge in [0.1, 0.15) is 5.03 Å². The number of carbonyl (C=O) groups excluding carboxylic acids is 2. The molecule has 1 aliphatic carbocycles. The van der Waals surface area contributed by atoms with Crippen molar-refractivity contribution in [2.45, 2.75) is 17.9 Å². The minimum absolute atomic E-state index is 0.0292. The van der Waals surface area contributed by atoms with Crippen LogP contribution in [0.4, 0.5) is 20.3 Å². The Morgan fingerprint density at radius 2 is 1.88 bits per heavy atom. The molecular weight excluding hydrogens is 350 g/mol. The van der Waals surface area contributed by atoms with Gasteiger partial charge in [-0.25, -0.2) is 8.78 Å². The maximum atomic E-state index is 13.1. The molecule has 2 N–H and O–H groups in total. The minimum Gasteiger partial charge on any atom is -0.325 e. The molecule has 1 fully saturated rings. The van der Waals surface area contributed by atoms with Crippen molar-refractivity contribution in [2.24, 2.45) is 5.92 Å². The molecule has 0 unspecified atom stereocenters. The van der Waals surface area contributed by atoms with Crippen LogP contribution in [0.3, 0.4) is 0 Å². The maximum absolute atomic E-state index is 13.1. The molecule has 0 saturated heterocycles. The zero-order chi connectivity index (χ0) is 17.8. The van der Waals surface area contributed by atoms with Crippen LogP contribution < -0.4 is 10.6 Å². The largest absolute Gasteiger partial charge is 0.325 e. The summed E-state index contributed by atoms with van der Waals surface area (Å²) in [6.07, 6.45) is 1.81. The molecule has 1 aromatic carbocycles. The molecule has 0 radical (unpaired) electrons. The first kappa shape index (κ1) is 17.3. The van der Waals surface area contributed by atoms with Crippen molar-refractivity contribution in [1.29, 1.82) is 0 Å². The SMILES string of the molecule is O=C(CSc1ccc(NC(=O)C2CC2)nn1)Nc1ccc(F)c(F)c1. The molecule has 0 spiro atoms. The van der Waals surface area contributed by atoms with E-state index in [0.29, 0.717) is 10.8 Å². The number of thioether (sulfide) groups is 1. The van der Waals surface area contributed by atoms with E-state index in [1.54, 1.807) is 12.1 Å². The van der Waals surface area contributed by atoms with E-state index in [1.807, 2.05) is 0 Å². The molecule has 1 aliphatic rings. The summed E-state index contributed by atoms with van der Waals surface area (Å²) in [4.78, 5) is 23.4. The number of anilines is 2. The Hall–Kier alpha value is -2.55. The van der Waals surface area contributed by atoms with Gasteiger partial charge in [0.05, 0.1) is 5.75 Å². The van der Waals surface area contributed by atoms with Crippen LogP contribution in [0.1, 0.15) is 12.8 Å². The van der Waals surface area contributed by atoms with Crippen LogP contribution in [0.2, 0.25) is 0 Å². The smallest absolute Gasteiger partial charge is 0.234 e. The summed E-state index contributed by atoms with van der Waals surface area (Å²) < 4.78 is 25.9. The Balaban J connectivity index is 1.48. The second-order valence-electron chi connectivity index (χ2n) is 5.49. The van der Waals surface area contributed by atoms with E-state index in [4.69, 9.17) is 0 Å². The van der Waals surface area contributed by atoms with Crippen LogP contribution in [0.15, 0.2) is 35.4 Å². The van der Waals surface area contributed by atoms with E-state index in [0.717, 1.165) is 36.7 Å². The number of hydrogen-bond acceptors (Lipinski definition) is 5. The number of nitrogens with one attached hydrogen (secondary N) is 2. The quantitative estimate of drug-likeness (QED) is 0.770. The van der Waals surface area contributed by atoms with Gasteiger partial charge in [0, 0.05) is 17.7 Å². The van der Waals surface area contributed by atoms with Crippen molar-refractivity contribution < 1.29 is 18.4 Å². The second kappa shape index (κ2) is 7.56. The fraction of sp³-hybridized carbons (Fsp3) is 0.250. The first-order valence-electron chi connectivity index (χ1n) is 7.53. The maximum Gasteiger partial charge on any atom is 0.234 e. The Labute approximate surface area is 146 Å². The fourth-order valence-corrected chi connectivity index (χ4v) is 2.56. The van der Waals surface area contributed by atoms with Crippen LogP contribution in [-0.2, 0) is 9.59 Å². The summed E-state index contributed by atoms with van der Waals surface area (Å²) in [6, 6.07) is 6.39. The number of hydrogen-bond donors (Lipinski definition) is 2. The van der Waals surface area contributed by atoms with Gasteiger partial charge < -0.3 is 10.6 Å². The predicted molar refractivity (Wildman–Crippen MR) is 89.1 cm³/mol. The topological polar surface area (TPSA) is 84.0 Å². The van der Waals surface area contributed by atoms with E-state index in [9.17, 15) is 18.4 Å². The Kier molecular flexibility index (Phi) is 5.22. The highest BCUT2D eigenvalue weighted by Gasteiger charge is 2.29. The van der Waals surface area contributed by atoms with Crippen LogP contribution in [-0.4, -0.2) is 27.8 Å². The molecular formula is C16H14F2N4O2S. The molecule has 0 atom stereocenters. The van der Waals surface area contributed by atoms with Crippen LogP contribution >= 0.6 is 11.8 Å². The number of rotatable bonds is 6. The first-order valence-corrected chi connectivity index (χ1v) is 8.52. The molecule has 3 rings (SSSR count). The van der Waals surface area contributed by atoms with Crippen LogP contribution in [0.5, 0.6) is 0 Å². The molecule has 25 heavy (non-hydrogen) atoms. The van der Waals surface area contributed by atoms with Gasteiger partial charge >= 0.3 is 0 Å². The molecule has 1 saturated carbocycles. The molecule has 130 valence electrons. The molecule has 0 aliphatic heterocycles. The molecule has 2 aromatic rings. The number of aromatic nitrogens is 2. The average molecular weight is 364 g/mol. The predicted octanol–water partition coefficient (Wildman–Crippen LogP) is 2.83. The van der Waals surface area contributed by atoms with E-state index >= 15 is 0 Å². The second-order valence-corrected chi connectivity index (χ2v) is 6.48. The lowest BCUT2D eigenvalue weighted by molar-refractivity contribution is -0.117. The molecule has 1 aromatic heterocycles. The van der Waals surface area contributed by atoms with E-state index in [-0.39, 0.29) is 29.2 Å². The van der Waals surface area contributed by atoms with Crippen molar-refractivity contribution in [3.8, 4) is 0 Å². The van der Waals surface area contributed by atoms with Gasteiger partial charge in [-0.3, -0.25) is 9.59 Å². The molecule has 9 heteroatoms. The number of nitrogens with zero attached hydrogens (tertiary/aromatic N) is 2. The van der Waals surface area contributed by atoms with Gasteiger partial charge in [0.2, 0.25) is 11.8 Å². The van der Waals surface area contributed by atoms with Crippen molar-refractivity contribution in [3.63, 3.8) is 0 Å². The van der Waals surface area contributed by atoms with Crippen LogP contribution in [0.25, 0.3) is 0 Å². The van der Waals surface area contributed by atoms with E-state index in [1.165, 1.54) is 6.07 Å².